The summed E-state index contributed by atoms with van der Waals surface area (Å²) >= 11 is 0. The normalized spacial score (nSPS) is 10.1. The van der Waals surface area contributed by atoms with E-state index >= 15 is 0 Å². The van der Waals surface area contributed by atoms with Gasteiger partial charge in [-0.3, -0.25) is 9.97 Å². The molecule has 4 aromatic carbocycles. The SMILES string of the molecule is Cl.Cl.c1ccc2c(c1)ccc1cccnc12.c1ccc2c(c1)ccc1cccnc12. The highest BCUT2D eigenvalue weighted by molar-refractivity contribution is 6.05. The van der Waals surface area contributed by atoms with E-state index in [9.17, 15) is 0 Å². The van der Waals surface area contributed by atoms with Crippen LogP contribution in [0.4, 0.5) is 0 Å². The van der Waals surface area contributed by atoms with E-state index in [1.54, 1.807) is 0 Å². The van der Waals surface area contributed by atoms with Crippen molar-refractivity contribution >= 4 is 68.2 Å². The average molecular weight is 431 g/mol. The van der Waals surface area contributed by atoms with Crippen molar-refractivity contribution in [2.45, 2.75) is 0 Å². The Labute approximate surface area is 187 Å². The van der Waals surface area contributed by atoms with Crippen LogP contribution in [-0.4, -0.2) is 9.97 Å². The molecule has 0 aliphatic rings. The lowest BCUT2D eigenvalue weighted by Crippen LogP contribution is -1.79. The van der Waals surface area contributed by atoms with Crippen molar-refractivity contribution in [2.24, 2.45) is 0 Å². The van der Waals surface area contributed by atoms with Crippen molar-refractivity contribution in [1.82, 2.24) is 9.97 Å². The number of halogens is 2. The summed E-state index contributed by atoms with van der Waals surface area (Å²) in [6.45, 7) is 0. The minimum atomic E-state index is 0. The molecular formula is C26H20Cl2N2. The van der Waals surface area contributed by atoms with Gasteiger partial charge in [0.25, 0.3) is 0 Å². The molecule has 0 aliphatic heterocycles. The number of nitrogens with zero attached hydrogens (tertiary/aromatic N) is 2. The zero-order valence-corrected chi connectivity index (χ0v) is 17.7. The second-order valence-corrected chi connectivity index (χ2v) is 6.72. The summed E-state index contributed by atoms with van der Waals surface area (Å²) in [6, 6.07) is 33.3. The molecule has 0 unspecified atom stereocenters. The number of aromatic nitrogens is 2. The first-order valence-corrected chi connectivity index (χ1v) is 9.35. The molecule has 0 saturated heterocycles. The van der Waals surface area contributed by atoms with Gasteiger partial charge in [-0.15, -0.1) is 24.8 Å². The molecule has 0 radical (unpaired) electrons. The highest BCUT2D eigenvalue weighted by atomic mass is 35.5. The highest BCUT2D eigenvalue weighted by Crippen LogP contribution is 2.23. The van der Waals surface area contributed by atoms with E-state index < -0.39 is 0 Å². The molecule has 0 bridgehead atoms. The van der Waals surface area contributed by atoms with Crippen molar-refractivity contribution in [2.75, 3.05) is 0 Å². The predicted molar refractivity (Wildman–Crippen MR) is 133 cm³/mol. The van der Waals surface area contributed by atoms with E-state index in [1.807, 2.05) is 24.5 Å². The molecule has 0 spiro atoms. The van der Waals surface area contributed by atoms with E-state index in [0.717, 1.165) is 11.0 Å². The standard InChI is InChI=1S/2C13H9N.2ClH/c2*1-2-6-12-10(4-1)7-8-11-5-3-9-14-13(11)12;;/h2*1-9H;2*1H. The van der Waals surface area contributed by atoms with Crippen molar-refractivity contribution in [3.05, 3.63) is 109 Å². The Bertz CT molecular complexity index is 1210. The van der Waals surface area contributed by atoms with Gasteiger partial charge in [0.1, 0.15) is 0 Å². The first-order chi connectivity index (χ1) is 13.9. The summed E-state index contributed by atoms with van der Waals surface area (Å²) < 4.78 is 0. The Kier molecular flexibility index (Phi) is 6.83. The van der Waals surface area contributed by atoms with Gasteiger partial charge < -0.3 is 0 Å². The lowest BCUT2D eigenvalue weighted by atomic mass is 10.1. The van der Waals surface area contributed by atoms with Crippen LogP contribution in [0, 0.1) is 0 Å². The van der Waals surface area contributed by atoms with Crippen LogP contribution in [0.25, 0.3) is 43.4 Å². The molecular weight excluding hydrogens is 411 g/mol. The van der Waals surface area contributed by atoms with Crippen LogP contribution < -0.4 is 0 Å². The van der Waals surface area contributed by atoms with Crippen LogP contribution in [0.2, 0.25) is 0 Å². The fraction of sp³-hybridized carbons (Fsp3) is 0. The fourth-order valence-corrected chi connectivity index (χ4v) is 3.63. The summed E-state index contributed by atoms with van der Waals surface area (Å²) in [6.07, 6.45) is 3.68. The zero-order valence-electron chi connectivity index (χ0n) is 16.1. The lowest BCUT2D eigenvalue weighted by molar-refractivity contribution is 1.43. The number of rotatable bonds is 0. The van der Waals surface area contributed by atoms with Gasteiger partial charge in [-0.2, -0.15) is 0 Å². The molecule has 0 saturated carbocycles. The van der Waals surface area contributed by atoms with E-state index in [2.05, 4.69) is 94.9 Å². The molecule has 0 N–H and O–H groups in total. The maximum atomic E-state index is 4.41. The fourth-order valence-electron chi connectivity index (χ4n) is 3.63. The Balaban J connectivity index is 0.000000160. The largest absolute Gasteiger partial charge is 0.256 e. The Morgan fingerprint density at radius 2 is 0.733 bits per heavy atom. The highest BCUT2D eigenvalue weighted by Gasteiger charge is 1.99. The molecule has 0 atom stereocenters. The summed E-state index contributed by atoms with van der Waals surface area (Å²) in [5.41, 5.74) is 2.18. The molecule has 148 valence electrons. The van der Waals surface area contributed by atoms with Crippen molar-refractivity contribution in [3.63, 3.8) is 0 Å². The average Bonchev–Trinajstić information content (AvgIpc) is 2.79. The zero-order chi connectivity index (χ0) is 18.8. The third-order valence-electron chi connectivity index (χ3n) is 4.99. The van der Waals surface area contributed by atoms with E-state index in [4.69, 9.17) is 0 Å². The number of fused-ring (bicyclic) bond motifs is 6. The Morgan fingerprint density at radius 1 is 0.367 bits per heavy atom. The number of hydrogen-bond donors (Lipinski definition) is 0. The van der Waals surface area contributed by atoms with Gasteiger partial charge in [-0.1, -0.05) is 84.9 Å². The van der Waals surface area contributed by atoms with Crippen molar-refractivity contribution < 1.29 is 0 Å². The first kappa shape index (κ1) is 21.5. The van der Waals surface area contributed by atoms with Crippen LogP contribution >= 0.6 is 24.8 Å². The predicted octanol–water partition coefficient (Wildman–Crippen LogP) is 7.62. The van der Waals surface area contributed by atoms with Gasteiger partial charge >= 0.3 is 0 Å². The number of hydrogen-bond acceptors (Lipinski definition) is 2. The maximum Gasteiger partial charge on any atom is 0.0780 e. The van der Waals surface area contributed by atoms with Gasteiger partial charge in [-0.05, 0) is 22.9 Å². The summed E-state index contributed by atoms with van der Waals surface area (Å²) in [4.78, 5) is 8.82. The van der Waals surface area contributed by atoms with Gasteiger partial charge in [-0.25, -0.2) is 0 Å². The van der Waals surface area contributed by atoms with Crippen LogP contribution in [0.1, 0.15) is 0 Å². The second kappa shape index (κ2) is 9.53. The van der Waals surface area contributed by atoms with E-state index in [1.165, 1.54) is 32.3 Å². The first-order valence-electron chi connectivity index (χ1n) is 9.35. The molecule has 30 heavy (non-hydrogen) atoms. The second-order valence-electron chi connectivity index (χ2n) is 6.72. The van der Waals surface area contributed by atoms with Crippen molar-refractivity contribution in [3.8, 4) is 0 Å². The van der Waals surface area contributed by atoms with Gasteiger partial charge in [0.05, 0.1) is 11.0 Å². The van der Waals surface area contributed by atoms with Crippen molar-refractivity contribution in [1.29, 1.82) is 0 Å². The molecule has 2 aromatic heterocycles. The summed E-state index contributed by atoms with van der Waals surface area (Å²) in [5, 5.41) is 7.35. The minimum absolute atomic E-state index is 0. The third-order valence-corrected chi connectivity index (χ3v) is 4.99. The Hall–Kier alpha value is -3.20. The molecule has 0 amide bonds. The topological polar surface area (TPSA) is 25.8 Å². The van der Waals surface area contributed by atoms with Gasteiger partial charge in [0.15, 0.2) is 0 Å². The third kappa shape index (κ3) is 4.06. The Morgan fingerprint density at radius 3 is 1.20 bits per heavy atom. The number of benzene rings is 4. The van der Waals surface area contributed by atoms with Crippen LogP contribution in [-0.2, 0) is 0 Å². The lowest BCUT2D eigenvalue weighted by Gasteiger charge is -2.01. The molecule has 2 heterocycles. The quantitative estimate of drug-likeness (QED) is 0.231. The molecule has 6 aromatic rings. The van der Waals surface area contributed by atoms with E-state index in [-0.39, 0.29) is 24.8 Å². The van der Waals surface area contributed by atoms with Crippen LogP contribution in [0.5, 0.6) is 0 Å². The maximum absolute atomic E-state index is 4.41. The van der Waals surface area contributed by atoms with E-state index in [0.29, 0.717) is 0 Å². The smallest absolute Gasteiger partial charge is 0.0780 e. The summed E-state index contributed by atoms with van der Waals surface area (Å²) in [7, 11) is 0. The molecule has 6 rings (SSSR count). The molecule has 2 nitrogen and oxygen atoms in total. The van der Waals surface area contributed by atoms with Crippen LogP contribution in [0.15, 0.2) is 109 Å². The molecule has 0 aliphatic carbocycles. The van der Waals surface area contributed by atoms with Gasteiger partial charge in [0, 0.05) is 33.9 Å². The monoisotopic (exact) mass is 430 g/mol. The van der Waals surface area contributed by atoms with Gasteiger partial charge in [0.2, 0.25) is 0 Å². The van der Waals surface area contributed by atoms with Crippen LogP contribution in [0.3, 0.4) is 0 Å². The molecule has 4 heteroatoms. The minimum Gasteiger partial charge on any atom is -0.256 e. The molecule has 0 fully saturated rings. The summed E-state index contributed by atoms with van der Waals surface area (Å²) in [5.74, 6) is 0. The number of pyridine rings is 2.